The largest absolute Gasteiger partial charge is 0.319 e. The Morgan fingerprint density at radius 2 is 1.84 bits per heavy atom. The van der Waals surface area contributed by atoms with Crippen molar-refractivity contribution in [1.82, 2.24) is 19.6 Å². The van der Waals surface area contributed by atoms with Gasteiger partial charge in [-0.15, -0.1) is 0 Å². The van der Waals surface area contributed by atoms with Gasteiger partial charge in [-0.05, 0) is 65.2 Å². The number of hydrogen-bond acceptors (Lipinski definition) is 3. The van der Waals surface area contributed by atoms with Gasteiger partial charge in [-0.25, -0.2) is 0 Å². The van der Waals surface area contributed by atoms with E-state index >= 15 is 0 Å². The van der Waals surface area contributed by atoms with Crippen LogP contribution in [0.4, 0.5) is 5.69 Å². The molecule has 9 heteroatoms. The fourth-order valence-corrected chi connectivity index (χ4v) is 4.10. The van der Waals surface area contributed by atoms with Crippen LogP contribution in [-0.2, 0) is 13.1 Å². The summed E-state index contributed by atoms with van der Waals surface area (Å²) in [5, 5.41) is 12.9. The van der Waals surface area contributed by atoms with Crippen LogP contribution in [0.15, 0.2) is 59.3 Å². The summed E-state index contributed by atoms with van der Waals surface area (Å²) in [6, 6.07) is 13.0. The van der Waals surface area contributed by atoms with Gasteiger partial charge in [0.25, 0.3) is 5.91 Å². The molecule has 2 aromatic heterocycles. The van der Waals surface area contributed by atoms with Gasteiger partial charge in [0.15, 0.2) is 0 Å². The lowest BCUT2D eigenvalue weighted by molar-refractivity contribution is 0.102. The van der Waals surface area contributed by atoms with E-state index in [-0.39, 0.29) is 5.91 Å². The van der Waals surface area contributed by atoms with Gasteiger partial charge >= 0.3 is 0 Å². The Kier molecular flexibility index (Phi) is 6.69. The number of hydrogen-bond donors (Lipinski definition) is 1. The SMILES string of the molecule is Cc1nn(Cc2ccc(Cl)c(Cl)c2)c(C)c1NC(=O)c1cccc(Cn2cc(Br)cn2)c1. The minimum atomic E-state index is -0.186. The first kappa shape index (κ1) is 22.6. The number of carbonyl (C=O) groups excluding carboxylic acids is 1. The summed E-state index contributed by atoms with van der Waals surface area (Å²) in [5.41, 5.74) is 4.84. The molecular formula is C23H20BrCl2N5O. The summed E-state index contributed by atoms with van der Waals surface area (Å²) < 4.78 is 4.56. The second kappa shape index (κ2) is 9.48. The highest BCUT2D eigenvalue weighted by Crippen LogP contribution is 2.25. The first-order valence-electron chi connectivity index (χ1n) is 9.86. The number of anilines is 1. The first-order valence-corrected chi connectivity index (χ1v) is 11.4. The average Bonchev–Trinajstić information content (AvgIpc) is 3.28. The van der Waals surface area contributed by atoms with E-state index in [0.717, 1.165) is 27.0 Å². The molecule has 4 aromatic rings. The molecule has 0 saturated heterocycles. The van der Waals surface area contributed by atoms with Crippen LogP contribution in [0.5, 0.6) is 0 Å². The molecule has 0 aliphatic rings. The van der Waals surface area contributed by atoms with Crippen LogP contribution in [0, 0.1) is 13.8 Å². The van der Waals surface area contributed by atoms with Crippen LogP contribution in [0.1, 0.15) is 32.9 Å². The molecule has 0 radical (unpaired) electrons. The molecule has 4 rings (SSSR count). The third kappa shape index (κ3) is 5.06. The Balaban J connectivity index is 1.51. The third-order valence-electron chi connectivity index (χ3n) is 5.07. The Morgan fingerprint density at radius 3 is 2.56 bits per heavy atom. The minimum absolute atomic E-state index is 0.186. The zero-order valence-electron chi connectivity index (χ0n) is 17.4. The molecule has 2 heterocycles. The summed E-state index contributed by atoms with van der Waals surface area (Å²) in [4.78, 5) is 13.0. The van der Waals surface area contributed by atoms with Crippen molar-refractivity contribution in [3.05, 3.63) is 97.5 Å². The van der Waals surface area contributed by atoms with Crippen molar-refractivity contribution in [3.8, 4) is 0 Å². The highest BCUT2D eigenvalue weighted by Gasteiger charge is 2.16. The van der Waals surface area contributed by atoms with Crippen molar-refractivity contribution in [1.29, 1.82) is 0 Å². The fourth-order valence-electron chi connectivity index (χ4n) is 3.45. The van der Waals surface area contributed by atoms with Gasteiger partial charge < -0.3 is 5.32 Å². The summed E-state index contributed by atoms with van der Waals surface area (Å²) in [7, 11) is 0. The molecule has 0 atom stereocenters. The van der Waals surface area contributed by atoms with E-state index in [9.17, 15) is 4.79 Å². The lowest BCUT2D eigenvalue weighted by Crippen LogP contribution is -2.14. The Bertz CT molecular complexity index is 1300. The van der Waals surface area contributed by atoms with E-state index in [1.807, 2.05) is 59.7 Å². The molecule has 2 aromatic carbocycles. The molecule has 0 unspecified atom stereocenters. The van der Waals surface area contributed by atoms with Gasteiger partial charge in [0.1, 0.15) is 0 Å². The molecule has 0 aliphatic heterocycles. The van der Waals surface area contributed by atoms with E-state index in [1.54, 1.807) is 18.3 Å². The lowest BCUT2D eigenvalue weighted by atomic mass is 10.1. The molecule has 0 bridgehead atoms. The van der Waals surface area contributed by atoms with E-state index in [0.29, 0.717) is 34.4 Å². The molecule has 0 aliphatic carbocycles. The van der Waals surface area contributed by atoms with Crippen LogP contribution in [-0.4, -0.2) is 25.5 Å². The summed E-state index contributed by atoms with van der Waals surface area (Å²) in [5.74, 6) is -0.186. The number of benzene rings is 2. The average molecular weight is 533 g/mol. The van der Waals surface area contributed by atoms with Crippen molar-refractivity contribution in [3.63, 3.8) is 0 Å². The van der Waals surface area contributed by atoms with E-state index in [1.165, 1.54) is 0 Å². The Hall–Kier alpha value is -2.61. The van der Waals surface area contributed by atoms with Crippen LogP contribution >= 0.6 is 39.1 Å². The van der Waals surface area contributed by atoms with Crippen molar-refractivity contribution in [2.75, 3.05) is 5.32 Å². The Morgan fingerprint density at radius 1 is 1.06 bits per heavy atom. The monoisotopic (exact) mass is 531 g/mol. The highest BCUT2D eigenvalue weighted by atomic mass is 79.9. The van der Waals surface area contributed by atoms with Crippen LogP contribution in [0.25, 0.3) is 0 Å². The number of nitrogens with zero attached hydrogens (tertiary/aromatic N) is 4. The van der Waals surface area contributed by atoms with Crippen LogP contribution in [0.2, 0.25) is 10.0 Å². The summed E-state index contributed by atoms with van der Waals surface area (Å²) in [6.45, 7) is 4.90. The van der Waals surface area contributed by atoms with Crippen LogP contribution in [0.3, 0.4) is 0 Å². The number of halogens is 3. The highest BCUT2D eigenvalue weighted by molar-refractivity contribution is 9.10. The van der Waals surface area contributed by atoms with Crippen molar-refractivity contribution < 1.29 is 4.79 Å². The van der Waals surface area contributed by atoms with E-state index in [2.05, 4.69) is 31.4 Å². The van der Waals surface area contributed by atoms with Crippen molar-refractivity contribution in [2.45, 2.75) is 26.9 Å². The van der Waals surface area contributed by atoms with Crippen molar-refractivity contribution >= 4 is 50.7 Å². The number of nitrogens with one attached hydrogen (secondary N) is 1. The molecule has 1 N–H and O–H groups in total. The number of aryl methyl sites for hydroxylation is 1. The van der Waals surface area contributed by atoms with E-state index in [4.69, 9.17) is 23.2 Å². The van der Waals surface area contributed by atoms with Gasteiger partial charge in [-0.3, -0.25) is 14.2 Å². The first-order chi connectivity index (χ1) is 15.3. The number of rotatable bonds is 6. The molecule has 164 valence electrons. The molecule has 0 saturated carbocycles. The maximum Gasteiger partial charge on any atom is 0.255 e. The standard InChI is InChI=1S/C23H20BrCl2N5O/c1-14-22(15(2)31(29-14)12-17-6-7-20(25)21(26)9-17)28-23(32)18-5-3-4-16(8-18)11-30-13-19(24)10-27-30/h3-10,13H,11-12H2,1-2H3,(H,28,32). The number of amides is 1. The topological polar surface area (TPSA) is 64.7 Å². The van der Waals surface area contributed by atoms with Gasteiger partial charge in [0.2, 0.25) is 0 Å². The fraction of sp³-hybridized carbons (Fsp3) is 0.174. The van der Waals surface area contributed by atoms with Gasteiger partial charge in [0, 0.05) is 11.8 Å². The molecule has 32 heavy (non-hydrogen) atoms. The normalized spacial score (nSPS) is 11.0. The van der Waals surface area contributed by atoms with Gasteiger partial charge in [0.05, 0.1) is 50.9 Å². The Labute approximate surface area is 204 Å². The smallest absolute Gasteiger partial charge is 0.255 e. The quantitative estimate of drug-likeness (QED) is 0.325. The molecular weight excluding hydrogens is 513 g/mol. The summed E-state index contributed by atoms with van der Waals surface area (Å²) in [6.07, 6.45) is 3.62. The number of carbonyl (C=O) groups is 1. The van der Waals surface area contributed by atoms with Gasteiger partial charge in [-0.1, -0.05) is 41.4 Å². The molecule has 0 spiro atoms. The molecule has 0 fully saturated rings. The molecule has 1 amide bonds. The predicted molar refractivity (Wildman–Crippen MR) is 131 cm³/mol. The number of aromatic nitrogens is 4. The van der Waals surface area contributed by atoms with Crippen LogP contribution < -0.4 is 5.32 Å². The van der Waals surface area contributed by atoms with Crippen molar-refractivity contribution in [2.24, 2.45) is 0 Å². The zero-order chi connectivity index (χ0) is 22.8. The predicted octanol–water partition coefficient (Wildman–Crippen LogP) is 6.11. The van der Waals surface area contributed by atoms with E-state index < -0.39 is 0 Å². The zero-order valence-corrected chi connectivity index (χ0v) is 20.5. The second-order valence-corrected chi connectivity index (χ2v) is 9.19. The summed E-state index contributed by atoms with van der Waals surface area (Å²) >= 11 is 15.5. The lowest BCUT2D eigenvalue weighted by Gasteiger charge is -2.09. The maximum absolute atomic E-state index is 13.0. The second-order valence-electron chi connectivity index (χ2n) is 7.46. The molecule has 6 nitrogen and oxygen atoms in total. The third-order valence-corrected chi connectivity index (χ3v) is 6.22. The van der Waals surface area contributed by atoms with Gasteiger partial charge in [-0.2, -0.15) is 10.2 Å². The maximum atomic E-state index is 13.0. The minimum Gasteiger partial charge on any atom is -0.319 e.